The van der Waals surface area contributed by atoms with Crippen LogP contribution in [0.2, 0.25) is 0 Å². The molecule has 6 nitrogen and oxygen atoms in total. The Morgan fingerprint density at radius 2 is 1.85 bits per heavy atom. The lowest BCUT2D eigenvalue weighted by molar-refractivity contribution is -0.0586. The molecular formula is C21H34N4O2. The van der Waals surface area contributed by atoms with Gasteiger partial charge < -0.3 is 20.3 Å². The minimum atomic E-state index is 0.0684. The standard InChI is InChI=1S/C21H34N4O2/c1-6-15(3)24-21(22-7-2)23-12-18-8-10-19(11-9-18)20(26)25-13-16(4)27-17(5)14-25/h8-11,15-17H,6-7,12-14H2,1-5H3,(H2,22,23,24). The molecule has 3 atom stereocenters. The van der Waals surface area contributed by atoms with Crippen molar-refractivity contribution in [3.8, 4) is 0 Å². The predicted octanol–water partition coefficient (Wildman–Crippen LogP) is 2.79. The molecule has 1 fully saturated rings. The maximum Gasteiger partial charge on any atom is 0.254 e. The van der Waals surface area contributed by atoms with E-state index in [0.29, 0.717) is 31.2 Å². The van der Waals surface area contributed by atoms with Crippen molar-refractivity contribution < 1.29 is 9.53 Å². The highest BCUT2D eigenvalue weighted by atomic mass is 16.5. The van der Waals surface area contributed by atoms with Crippen LogP contribution in [0.15, 0.2) is 29.3 Å². The van der Waals surface area contributed by atoms with Gasteiger partial charge in [-0.15, -0.1) is 0 Å². The summed E-state index contributed by atoms with van der Waals surface area (Å²) in [4.78, 5) is 19.2. The minimum Gasteiger partial charge on any atom is -0.372 e. The molecule has 1 aromatic rings. The Morgan fingerprint density at radius 1 is 1.22 bits per heavy atom. The van der Waals surface area contributed by atoms with Gasteiger partial charge >= 0.3 is 0 Å². The fraction of sp³-hybridized carbons (Fsp3) is 0.619. The monoisotopic (exact) mass is 374 g/mol. The highest BCUT2D eigenvalue weighted by molar-refractivity contribution is 5.94. The Balaban J connectivity index is 1.99. The number of benzene rings is 1. The highest BCUT2D eigenvalue weighted by Gasteiger charge is 2.26. The highest BCUT2D eigenvalue weighted by Crippen LogP contribution is 2.15. The van der Waals surface area contributed by atoms with Gasteiger partial charge in [0.25, 0.3) is 5.91 Å². The largest absolute Gasteiger partial charge is 0.372 e. The molecule has 0 saturated carbocycles. The molecule has 0 aliphatic carbocycles. The molecule has 1 aliphatic rings. The number of nitrogens with zero attached hydrogens (tertiary/aromatic N) is 2. The van der Waals surface area contributed by atoms with Crippen LogP contribution in [0, 0.1) is 0 Å². The van der Waals surface area contributed by atoms with Crippen molar-refractivity contribution in [1.29, 1.82) is 0 Å². The van der Waals surface area contributed by atoms with Crippen LogP contribution in [0.4, 0.5) is 0 Å². The van der Waals surface area contributed by atoms with Crippen molar-refractivity contribution in [1.82, 2.24) is 15.5 Å². The molecule has 6 heteroatoms. The number of ether oxygens (including phenoxy) is 1. The minimum absolute atomic E-state index is 0.0684. The van der Waals surface area contributed by atoms with E-state index >= 15 is 0 Å². The van der Waals surface area contributed by atoms with Crippen molar-refractivity contribution in [3.05, 3.63) is 35.4 Å². The second-order valence-electron chi connectivity index (χ2n) is 7.31. The molecule has 1 amide bonds. The molecule has 1 heterocycles. The molecule has 1 aliphatic heterocycles. The van der Waals surface area contributed by atoms with Crippen molar-refractivity contribution >= 4 is 11.9 Å². The molecule has 1 aromatic carbocycles. The molecule has 2 rings (SSSR count). The molecule has 2 N–H and O–H groups in total. The van der Waals surface area contributed by atoms with E-state index in [0.717, 1.165) is 24.5 Å². The first-order chi connectivity index (χ1) is 12.9. The summed E-state index contributed by atoms with van der Waals surface area (Å²) >= 11 is 0. The van der Waals surface area contributed by atoms with E-state index in [2.05, 4.69) is 36.4 Å². The summed E-state index contributed by atoms with van der Waals surface area (Å²) < 4.78 is 5.71. The maximum absolute atomic E-state index is 12.7. The van der Waals surface area contributed by atoms with E-state index in [1.54, 1.807) is 0 Å². The summed E-state index contributed by atoms with van der Waals surface area (Å²) in [5.74, 6) is 0.891. The summed E-state index contributed by atoms with van der Waals surface area (Å²) in [7, 11) is 0. The van der Waals surface area contributed by atoms with Gasteiger partial charge in [0.2, 0.25) is 0 Å². The molecule has 27 heavy (non-hydrogen) atoms. The molecule has 0 bridgehead atoms. The van der Waals surface area contributed by atoms with Gasteiger partial charge in [-0.1, -0.05) is 19.1 Å². The molecule has 0 spiro atoms. The average Bonchev–Trinajstić information content (AvgIpc) is 2.65. The third-order valence-corrected chi connectivity index (χ3v) is 4.67. The Hall–Kier alpha value is -2.08. The zero-order chi connectivity index (χ0) is 19.8. The third-order valence-electron chi connectivity index (χ3n) is 4.67. The van der Waals surface area contributed by atoms with E-state index in [-0.39, 0.29) is 18.1 Å². The maximum atomic E-state index is 12.7. The number of amides is 1. The average molecular weight is 375 g/mol. The number of guanidine groups is 1. The zero-order valence-electron chi connectivity index (χ0n) is 17.3. The molecule has 150 valence electrons. The molecular weight excluding hydrogens is 340 g/mol. The Labute approximate surface area is 163 Å². The van der Waals surface area contributed by atoms with Gasteiger partial charge in [-0.2, -0.15) is 0 Å². The zero-order valence-corrected chi connectivity index (χ0v) is 17.3. The smallest absolute Gasteiger partial charge is 0.254 e. The number of rotatable bonds is 6. The van der Waals surface area contributed by atoms with Crippen molar-refractivity contribution in [2.45, 2.75) is 65.8 Å². The van der Waals surface area contributed by atoms with Gasteiger partial charge in [0.15, 0.2) is 5.96 Å². The van der Waals surface area contributed by atoms with Crippen LogP contribution in [0.3, 0.4) is 0 Å². The first kappa shape index (κ1) is 21.2. The molecule has 1 saturated heterocycles. The van der Waals surface area contributed by atoms with Crippen LogP contribution in [0.25, 0.3) is 0 Å². The SMILES string of the molecule is CCNC(=NCc1ccc(C(=O)N2CC(C)OC(C)C2)cc1)NC(C)CC. The van der Waals surface area contributed by atoms with Crippen LogP contribution in [0.5, 0.6) is 0 Å². The van der Waals surface area contributed by atoms with Crippen molar-refractivity contribution in [2.24, 2.45) is 4.99 Å². The van der Waals surface area contributed by atoms with Crippen LogP contribution in [0.1, 0.15) is 57.0 Å². The summed E-state index contributed by atoms with van der Waals surface area (Å²) in [5.41, 5.74) is 1.80. The topological polar surface area (TPSA) is 66.0 Å². The number of hydrogen-bond acceptors (Lipinski definition) is 3. The normalized spacial score (nSPS) is 21.7. The quantitative estimate of drug-likeness (QED) is 0.594. The molecule has 3 unspecified atom stereocenters. The summed E-state index contributed by atoms with van der Waals surface area (Å²) in [5, 5.41) is 6.65. The van der Waals surface area contributed by atoms with E-state index < -0.39 is 0 Å². The summed E-state index contributed by atoms with van der Waals surface area (Å²) in [6.45, 7) is 13.0. The first-order valence-electron chi connectivity index (χ1n) is 10.0. The Kier molecular flexibility index (Phi) is 8.10. The number of nitrogens with one attached hydrogen (secondary N) is 2. The van der Waals surface area contributed by atoms with Gasteiger partial charge in [-0.25, -0.2) is 4.99 Å². The van der Waals surface area contributed by atoms with Gasteiger partial charge in [0, 0.05) is 31.2 Å². The second kappa shape index (κ2) is 10.3. The number of morpholine rings is 1. The third kappa shape index (κ3) is 6.54. The van der Waals surface area contributed by atoms with E-state index in [9.17, 15) is 4.79 Å². The lowest BCUT2D eigenvalue weighted by Crippen LogP contribution is -2.48. The van der Waals surface area contributed by atoms with Crippen LogP contribution in [-0.2, 0) is 11.3 Å². The van der Waals surface area contributed by atoms with Gasteiger partial charge in [0.05, 0.1) is 18.8 Å². The van der Waals surface area contributed by atoms with Crippen LogP contribution >= 0.6 is 0 Å². The van der Waals surface area contributed by atoms with E-state index in [1.165, 1.54) is 0 Å². The summed E-state index contributed by atoms with van der Waals surface area (Å²) in [6, 6.07) is 8.13. The van der Waals surface area contributed by atoms with Crippen LogP contribution in [-0.4, -0.2) is 54.7 Å². The lowest BCUT2D eigenvalue weighted by Gasteiger charge is -2.35. The van der Waals surface area contributed by atoms with Crippen LogP contribution < -0.4 is 10.6 Å². The lowest BCUT2D eigenvalue weighted by atomic mass is 10.1. The fourth-order valence-corrected chi connectivity index (χ4v) is 3.10. The van der Waals surface area contributed by atoms with Gasteiger partial charge in [-0.3, -0.25) is 4.79 Å². The first-order valence-corrected chi connectivity index (χ1v) is 10.0. The summed E-state index contributed by atoms with van der Waals surface area (Å²) in [6.07, 6.45) is 1.20. The second-order valence-corrected chi connectivity index (χ2v) is 7.31. The number of hydrogen-bond donors (Lipinski definition) is 2. The Bertz CT molecular complexity index is 620. The van der Waals surface area contributed by atoms with E-state index in [1.807, 2.05) is 43.0 Å². The van der Waals surface area contributed by atoms with E-state index in [4.69, 9.17) is 4.74 Å². The number of aliphatic imine (C=N–C) groups is 1. The number of carbonyl (C=O) groups excluding carboxylic acids is 1. The number of carbonyl (C=O) groups is 1. The molecule has 0 aromatic heterocycles. The predicted molar refractivity (Wildman–Crippen MR) is 110 cm³/mol. The Morgan fingerprint density at radius 3 is 2.41 bits per heavy atom. The van der Waals surface area contributed by atoms with Crippen molar-refractivity contribution in [2.75, 3.05) is 19.6 Å². The van der Waals surface area contributed by atoms with Gasteiger partial charge in [-0.05, 0) is 51.8 Å². The van der Waals surface area contributed by atoms with Crippen molar-refractivity contribution in [3.63, 3.8) is 0 Å². The fourth-order valence-electron chi connectivity index (χ4n) is 3.10. The van der Waals surface area contributed by atoms with Gasteiger partial charge in [0.1, 0.15) is 0 Å². The molecule has 0 radical (unpaired) electrons.